The van der Waals surface area contributed by atoms with E-state index in [1.54, 1.807) is 38.7 Å². The van der Waals surface area contributed by atoms with Crippen molar-refractivity contribution in [1.29, 1.82) is 0 Å². The van der Waals surface area contributed by atoms with Crippen LogP contribution in [-0.2, 0) is 6.42 Å². The molecule has 1 aliphatic carbocycles. The fourth-order valence-corrected chi connectivity index (χ4v) is 4.54. The average Bonchev–Trinajstić information content (AvgIpc) is 3.50. The molecule has 32 heavy (non-hydrogen) atoms. The molecule has 0 bridgehead atoms. The number of nitrogens with zero attached hydrogens (tertiary/aromatic N) is 6. The van der Waals surface area contributed by atoms with E-state index in [-0.39, 0.29) is 5.91 Å². The molecule has 1 aromatic carbocycles. The summed E-state index contributed by atoms with van der Waals surface area (Å²) in [6.45, 7) is 0.844. The van der Waals surface area contributed by atoms with E-state index < -0.39 is 0 Å². The second-order valence-electron chi connectivity index (χ2n) is 8.02. The molecule has 5 rings (SSSR count). The Hall–Kier alpha value is -3.69. The Kier molecular flexibility index (Phi) is 5.34. The van der Waals surface area contributed by atoms with Gasteiger partial charge in [0.25, 0.3) is 5.91 Å². The second kappa shape index (κ2) is 8.45. The summed E-state index contributed by atoms with van der Waals surface area (Å²) in [6, 6.07) is 5.70. The predicted molar refractivity (Wildman–Crippen MR) is 120 cm³/mol. The number of benzene rings is 1. The zero-order chi connectivity index (χ0) is 22.1. The maximum Gasteiger partial charge on any atom is 0.251 e. The van der Waals surface area contributed by atoms with E-state index >= 15 is 0 Å². The number of fused-ring (bicyclic) bond motifs is 3. The minimum absolute atomic E-state index is 0.173. The van der Waals surface area contributed by atoms with Gasteiger partial charge in [-0.1, -0.05) is 12.8 Å². The first-order chi connectivity index (χ1) is 15.7. The molecular weight excluding hydrogens is 408 g/mol. The molecule has 2 N–H and O–H groups in total. The van der Waals surface area contributed by atoms with Gasteiger partial charge in [0.15, 0.2) is 5.82 Å². The van der Waals surface area contributed by atoms with Gasteiger partial charge in [0.05, 0.1) is 19.0 Å². The lowest BCUT2D eigenvalue weighted by Crippen LogP contribution is -2.35. The standard InChI is InChI=1S/C22H26N8O2/c1-23-21(31)14-7-8-16(18(11-14)32-2)26-22-24-12-17-20(27-22)29(15-5-3-4-6-15)10-9-19-28-25-13-30(17)19/h7-8,11-13,15H,3-6,9-10H2,1-2H3,(H,23,31)(H,24,26,27). The van der Waals surface area contributed by atoms with Crippen LogP contribution in [0.5, 0.6) is 5.75 Å². The topological polar surface area (TPSA) is 110 Å². The van der Waals surface area contributed by atoms with Crippen molar-refractivity contribution in [1.82, 2.24) is 30.0 Å². The third-order valence-corrected chi connectivity index (χ3v) is 6.18. The molecule has 2 aliphatic rings. The summed E-state index contributed by atoms with van der Waals surface area (Å²) < 4.78 is 7.47. The van der Waals surface area contributed by atoms with E-state index in [1.165, 1.54) is 25.7 Å². The van der Waals surface area contributed by atoms with Crippen LogP contribution < -0.4 is 20.3 Å². The number of carbonyl (C=O) groups is 1. The zero-order valence-electron chi connectivity index (χ0n) is 18.2. The highest BCUT2D eigenvalue weighted by Gasteiger charge is 2.30. The Morgan fingerprint density at radius 1 is 1.25 bits per heavy atom. The average molecular weight is 435 g/mol. The van der Waals surface area contributed by atoms with Gasteiger partial charge < -0.3 is 20.3 Å². The lowest BCUT2D eigenvalue weighted by molar-refractivity contribution is 0.0963. The van der Waals surface area contributed by atoms with Crippen molar-refractivity contribution in [3.63, 3.8) is 0 Å². The van der Waals surface area contributed by atoms with Crippen molar-refractivity contribution in [2.45, 2.75) is 38.1 Å². The monoisotopic (exact) mass is 434 g/mol. The summed E-state index contributed by atoms with van der Waals surface area (Å²) in [4.78, 5) is 23.8. The van der Waals surface area contributed by atoms with Crippen molar-refractivity contribution < 1.29 is 9.53 Å². The highest BCUT2D eigenvalue weighted by molar-refractivity contribution is 5.95. The molecule has 1 aliphatic heterocycles. The quantitative estimate of drug-likeness (QED) is 0.630. The van der Waals surface area contributed by atoms with E-state index in [2.05, 4.69) is 30.7 Å². The predicted octanol–water partition coefficient (Wildman–Crippen LogP) is 2.47. The third kappa shape index (κ3) is 3.61. The van der Waals surface area contributed by atoms with E-state index in [4.69, 9.17) is 9.72 Å². The van der Waals surface area contributed by atoms with Gasteiger partial charge in [0, 0.05) is 31.6 Å². The molecule has 0 saturated heterocycles. The largest absolute Gasteiger partial charge is 0.495 e. The van der Waals surface area contributed by atoms with Crippen LogP contribution in [0.2, 0.25) is 0 Å². The maximum atomic E-state index is 12.0. The Balaban J connectivity index is 1.51. The Morgan fingerprint density at radius 2 is 2.09 bits per heavy atom. The van der Waals surface area contributed by atoms with Gasteiger partial charge in [-0.25, -0.2) is 4.98 Å². The Morgan fingerprint density at radius 3 is 2.88 bits per heavy atom. The van der Waals surface area contributed by atoms with Crippen LogP contribution in [0.15, 0.2) is 30.7 Å². The lowest BCUT2D eigenvalue weighted by Gasteiger charge is -2.29. The summed E-state index contributed by atoms with van der Waals surface area (Å²) in [5, 5.41) is 14.3. The van der Waals surface area contributed by atoms with Crippen molar-refractivity contribution in [2.75, 3.05) is 30.9 Å². The molecule has 1 saturated carbocycles. The van der Waals surface area contributed by atoms with Crippen molar-refractivity contribution in [3.8, 4) is 11.4 Å². The first kappa shape index (κ1) is 20.2. The van der Waals surface area contributed by atoms with Crippen molar-refractivity contribution in [2.24, 2.45) is 0 Å². The molecule has 10 heteroatoms. The van der Waals surface area contributed by atoms with E-state index in [1.807, 2.05) is 10.8 Å². The molecule has 2 aromatic heterocycles. The van der Waals surface area contributed by atoms with Gasteiger partial charge in [0.1, 0.15) is 23.6 Å². The van der Waals surface area contributed by atoms with Crippen LogP contribution in [0.4, 0.5) is 17.5 Å². The third-order valence-electron chi connectivity index (χ3n) is 6.18. The summed E-state index contributed by atoms with van der Waals surface area (Å²) in [5.41, 5.74) is 2.10. The Bertz CT molecular complexity index is 1140. The smallest absolute Gasteiger partial charge is 0.251 e. The van der Waals surface area contributed by atoms with Gasteiger partial charge >= 0.3 is 0 Å². The van der Waals surface area contributed by atoms with Crippen molar-refractivity contribution >= 4 is 23.4 Å². The fourth-order valence-electron chi connectivity index (χ4n) is 4.54. The van der Waals surface area contributed by atoms with E-state index in [0.29, 0.717) is 29.0 Å². The number of hydrogen-bond acceptors (Lipinski definition) is 8. The molecule has 0 atom stereocenters. The molecule has 3 heterocycles. The number of anilines is 3. The van der Waals surface area contributed by atoms with Crippen LogP contribution in [0.1, 0.15) is 41.9 Å². The van der Waals surface area contributed by atoms with Crippen LogP contribution in [0.25, 0.3) is 5.69 Å². The van der Waals surface area contributed by atoms with Gasteiger partial charge in [0.2, 0.25) is 5.95 Å². The zero-order valence-corrected chi connectivity index (χ0v) is 18.2. The fraction of sp³-hybridized carbons (Fsp3) is 0.409. The number of nitrogens with one attached hydrogen (secondary N) is 2. The minimum atomic E-state index is -0.173. The number of hydrogen-bond donors (Lipinski definition) is 2. The highest BCUT2D eigenvalue weighted by Crippen LogP contribution is 2.35. The molecule has 0 spiro atoms. The molecule has 10 nitrogen and oxygen atoms in total. The van der Waals surface area contributed by atoms with Gasteiger partial charge in [-0.3, -0.25) is 9.36 Å². The van der Waals surface area contributed by atoms with Gasteiger partial charge in [-0.2, -0.15) is 4.98 Å². The number of methoxy groups -OCH3 is 1. The number of ether oxygens (including phenoxy) is 1. The number of aromatic nitrogens is 5. The second-order valence-corrected chi connectivity index (χ2v) is 8.02. The van der Waals surface area contributed by atoms with Crippen molar-refractivity contribution in [3.05, 3.63) is 42.1 Å². The molecule has 0 unspecified atom stereocenters. The highest BCUT2D eigenvalue weighted by atomic mass is 16.5. The van der Waals surface area contributed by atoms with Crippen LogP contribution in [0, 0.1) is 0 Å². The lowest BCUT2D eigenvalue weighted by atomic mass is 10.1. The molecule has 166 valence electrons. The molecule has 1 amide bonds. The number of carbonyl (C=O) groups excluding carboxylic acids is 1. The minimum Gasteiger partial charge on any atom is -0.495 e. The first-order valence-electron chi connectivity index (χ1n) is 10.9. The maximum absolute atomic E-state index is 12.0. The normalized spacial score (nSPS) is 15.6. The summed E-state index contributed by atoms with van der Waals surface area (Å²) in [7, 11) is 3.17. The molecule has 3 aromatic rings. The summed E-state index contributed by atoms with van der Waals surface area (Å²) in [6.07, 6.45) is 9.17. The number of rotatable bonds is 5. The summed E-state index contributed by atoms with van der Waals surface area (Å²) >= 11 is 0. The van der Waals surface area contributed by atoms with Crippen LogP contribution in [-0.4, -0.2) is 57.4 Å². The van der Waals surface area contributed by atoms with E-state index in [9.17, 15) is 4.79 Å². The van der Waals surface area contributed by atoms with E-state index in [0.717, 1.165) is 30.3 Å². The van der Waals surface area contributed by atoms with Gasteiger partial charge in [-0.05, 0) is 31.0 Å². The molecule has 1 fully saturated rings. The Labute approximate surface area is 186 Å². The summed E-state index contributed by atoms with van der Waals surface area (Å²) in [5.74, 6) is 2.64. The molecular formula is C22H26N8O2. The molecule has 0 radical (unpaired) electrons. The van der Waals surface area contributed by atoms with Gasteiger partial charge in [-0.15, -0.1) is 10.2 Å². The van der Waals surface area contributed by atoms with Crippen LogP contribution >= 0.6 is 0 Å². The SMILES string of the molecule is CNC(=O)c1ccc(Nc2ncc3c(n2)N(C2CCCC2)CCc2nncn2-3)c(OC)c1. The first-order valence-corrected chi connectivity index (χ1v) is 10.9. The van der Waals surface area contributed by atoms with Crippen LogP contribution in [0.3, 0.4) is 0 Å². The number of amides is 1.